The van der Waals surface area contributed by atoms with Gasteiger partial charge in [0.15, 0.2) is 0 Å². The molecule has 0 atom stereocenters. The van der Waals surface area contributed by atoms with Gasteiger partial charge in [0.25, 0.3) is 0 Å². The van der Waals surface area contributed by atoms with Gasteiger partial charge < -0.3 is 0 Å². The molecule has 2 fully saturated rings. The molecule has 0 radical (unpaired) electrons. The van der Waals surface area contributed by atoms with Gasteiger partial charge in [-0.25, -0.2) is 0 Å². The predicted molar refractivity (Wildman–Crippen MR) is 108 cm³/mol. The van der Waals surface area contributed by atoms with Gasteiger partial charge in [0.2, 0.25) is 0 Å². The molecule has 0 saturated heterocycles. The third-order valence-electron chi connectivity index (χ3n) is 7.36. The summed E-state index contributed by atoms with van der Waals surface area (Å²) in [5.74, 6) is 4.39. The van der Waals surface area contributed by atoms with Crippen molar-refractivity contribution in [2.45, 2.75) is 129 Å². The van der Waals surface area contributed by atoms with E-state index < -0.39 is 0 Å². The fourth-order valence-corrected chi connectivity index (χ4v) is 5.69. The largest absolute Gasteiger partial charge is 0.0654 e. The Hall–Kier alpha value is 0. The highest BCUT2D eigenvalue weighted by Crippen LogP contribution is 2.43. The van der Waals surface area contributed by atoms with Crippen molar-refractivity contribution in [3.8, 4) is 0 Å². The maximum atomic E-state index is 2.36. The van der Waals surface area contributed by atoms with Crippen LogP contribution < -0.4 is 0 Å². The minimum atomic E-state index is 1.08. The molecule has 0 aromatic heterocycles. The molecular weight excluding hydrogens is 288 g/mol. The Morgan fingerprint density at radius 2 is 0.917 bits per heavy atom. The van der Waals surface area contributed by atoms with Crippen molar-refractivity contribution in [3.63, 3.8) is 0 Å². The maximum Gasteiger partial charge on any atom is -0.0386 e. The minimum absolute atomic E-state index is 1.08. The van der Waals surface area contributed by atoms with Crippen LogP contribution >= 0.6 is 0 Å². The molecule has 0 aromatic carbocycles. The average molecular weight is 335 g/mol. The van der Waals surface area contributed by atoms with Crippen molar-refractivity contribution < 1.29 is 0 Å². The lowest BCUT2D eigenvalue weighted by atomic mass is 9.68. The summed E-state index contributed by atoms with van der Waals surface area (Å²) in [6.07, 6.45) is 27.3. The van der Waals surface area contributed by atoms with Crippen LogP contribution in [0.1, 0.15) is 129 Å². The quantitative estimate of drug-likeness (QED) is 0.332. The fourth-order valence-electron chi connectivity index (χ4n) is 5.69. The molecule has 2 rings (SSSR count). The second kappa shape index (κ2) is 12.4. The summed E-state index contributed by atoms with van der Waals surface area (Å²) in [6, 6.07) is 0. The molecule has 2 aliphatic rings. The SMILES string of the molecule is CCCCCCCCC[C@H]1CC[C@H]([C@H]2CC[C@H](CCC)CC2)CC1. The summed E-state index contributed by atoms with van der Waals surface area (Å²) in [5.41, 5.74) is 0. The van der Waals surface area contributed by atoms with Gasteiger partial charge in [-0.05, 0) is 49.4 Å². The van der Waals surface area contributed by atoms with Crippen LogP contribution in [0, 0.1) is 23.7 Å². The molecule has 0 heterocycles. The Bertz CT molecular complexity index is 278. The lowest BCUT2D eigenvalue weighted by molar-refractivity contribution is 0.140. The fraction of sp³-hybridized carbons (Fsp3) is 1.00. The van der Waals surface area contributed by atoms with Gasteiger partial charge in [0.1, 0.15) is 0 Å². The molecule has 142 valence electrons. The minimum Gasteiger partial charge on any atom is -0.0654 e. The van der Waals surface area contributed by atoms with E-state index in [9.17, 15) is 0 Å². The van der Waals surface area contributed by atoms with E-state index in [1.807, 2.05) is 0 Å². The van der Waals surface area contributed by atoms with E-state index in [4.69, 9.17) is 0 Å². The summed E-state index contributed by atoms with van der Waals surface area (Å²) in [7, 11) is 0. The van der Waals surface area contributed by atoms with E-state index in [0.29, 0.717) is 0 Å². The molecule has 0 amide bonds. The first-order valence-electron chi connectivity index (χ1n) is 11.8. The lowest BCUT2D eigenvalue weighted by Gasteiger charge is -2.38. The Morgan fingerprint density at radius 1 is 0.458 bits per heavy atom. The van der Waals surface area contributed by atoms with Gasteiger partial charge in [-0.1, -0.05) is 104 Å². The average Bonchev–Trinajstić information content (AvgIpc) is 2.62. The Morgan fingerprint density at radius 3 is 1.42 bits per heavy atom. The molecule has 0 N–H and O–H groups in total. The molecule has 0 unspecified atom stereocenters. The number of hydrogen-bond acceptors (Lipinski definition) is 0. The van der Waals surface area contributed by atoms with Gasteiger partial charge in [-0.15, -0.1) is 0 Å². The van der Waals surface area contributed by atoms with Crippen molar-refractivity contribution in [1.29, 1.82) is 0 Å². The normalized spacial score (nSPS) is 31.2. The van der Waals surface area contributed by atoms with E-state index in [2.05, 4.69) is 13.8 Å². The first-order chi connectivity index (χ1) is 11.8. The standard InChI is InChI=1S/C24H46/c1-3-5-6-7-8-9-10-12-22-15-19-24(20-16-22)23-17-13-21(11-4-2)14-18-23/h21-24H,3-20H2,1-2H3/t21-,22-,23-,24-. The molecule has 0 nitrogen and oxygen atoms in total. The van der Waals surface area contributed by atoms with Crippen LogP contribution in [0.5, 0.6) is 0 Å². The molecular formula is C24H46. The molecule has 2 saturated carbocycles. The highest BCUT2D eigenvalue weighted by atomic mass is 14.4. The van der Waals surface area contributed by atoms with Crippen molar-refractivity contribution >= 4 is 0 Å². The Kier molecular flexibility index (Phi) is 10.5. The first kappa shape index (κ1) is 20.3. The predicted octanol–water partition coefficient (Wildman–Crippen LogP) is 8.54. The maximum absolute atomic E-state index is 2.36. The number of hydrogen-bond donors (Lipinski definition) is 0. The van der Waals surface area contributed by atoms with E-state index >= 15 is 0 Å². The van der Waals surface area contributed by atoms with Crippen molar-refractivity contribution in [2.24, 2.45) is 23.7 Å². The summed E-state index contributed by atoms with van der Waals surface area (Å²) >= 11 is 0. The van der Waals surface area contributed by atoms with E-state index in [0.717, 1.165) is 23.7 Å². The zero-order valence-electron chi connectivity index (χ0n) is 17.0. The van der Waals surface area contributed by atoms with Crippen molar-refractivity contribution in [3.05, 3.63) is 0 Å². The topological polar surface area (TPSA) is 0 Å². The molecule has 0 aromatic rings. The van der Waals surface area contributed by atoms with Crippen LogP contribution in [0.2, 0.25) is 0 Å². The summed E-state index contributed by atoms with van der Waals surface area (Å²) in [5, 5.41) is 0. The smallest absolute Gasteiger partial charge is 0.0386 e. The van der Waals surface area contributed by atoms with Crippen LogP contribution in [-0.2, 0) is 0 Å². The van der Waals surface area contributed by atoms with Gasteiger partial charge in [-0.3, -0.25) is 0 Å². The van der Waals surface area contributed by atoms with Crippen LogP contribution in [0.25, 0.3) is 0 Å². The number of unbranched alkanes of at least 4 members (excludes halogenated alkanes) is 6. The molecule has 0 heteroatoms. The Balaban J connectivity index is 1.49. The highest BCUT2D eigenvalue weighted by molar-refractivity contribution is 4.82. The van der Waals surface area contributed by atoms with Crippen LogP contribution in [0.15, 0.2) is 0 Å². The summed E-state index contributed by atoms with van der Waals surface area (Å²) in [6.45, 7) is 4.67. The molecule has 0 bridgehead atoms. The van der Waals surface area contributed by atoms with Crippen LogP contribution in [-0.4, -0.2) is 0 Å². The Labute approximate surface area is 153 Å². The third kappa shape index (κ3) is 7.49. The second-order valence-corrected chi connectivity index (χ2v) is 9.26. The van der Waals surface area contributed by atoms with E-state index in [1.54, 1.807) is 57.8 Å². The van der Waals surface area contributed by atoms with Crippen molar-refractivity contribution in [1.82, 2.24) is 0 Å². The number of rotatable bonds is 11. The van der Waals surface area contributed by atoms with Crippen LogP contribution in [0.3, 0.4) is 0 Å². The molecule has 24 heavy (non-hydrogen) atoms. The van der Waals surface area contributed by atoms with Gasteiger partial charge >= 0.3 is 0 Å². The molecule has 2 aliphatic carbocycles. The monoisotopic (exact) mass is 334 g/mol. The lowest BCUT2D eigenvalue weighted by Crippen LogP contribution is -2.25. The van der Waals surface area contributed by atoms with Crippen LogP contribution in [0.4, 0.5) is 0 Å². The molecule has 0 aliphatic heterocycles. The zero-order valence-corrected chi connectivity index (χ0v) is 17.0. The van der Waals surface area contributed by atoms with Gasteiger partial charge in [0.05, 0.1) is 0 Å². The third-order valence-corrected chi connectivity index (χ3v) is 7.36. The second-order valence-electron chi connectivity index (χ2n) is 9.26. The molecule has 0 spiro atoms. The highest BCUT2D eigenvalue weighted by Gasteiger charge is 2.30. The first-order valence-corrected chi connectivity index (χ1v) is 11.8. The summed E-state index contributed by atoms with van der Waals surface area (Å²) in [4.78, 5) is 0. The van der Waals surface area contributed by atoms with Gasteiger partial charge in [0, 0.05) is 0 Å². The van der Waals surface area contributed by atoms with E-state index in [-0.39, 0.29) is 0 Å². The summed E-state index contributed by atoms with van der Waals surface area (Å²) < 4.78 is 0. The zero-order chi connectivity index (χ0) is 17.0. The van der Waals surface area contributed by atoms with E-state index in [1.165, 1.54) is 57.8 Å². The van der Waals surface area contributed by atoms with Gasteiger partial charge in [-0.2, -0.15) is 0 Å². The van der Waals surface area contributed by atoms with Crippen molar-refractivity contribution in [2.75, 3.05) is 0 Å².